The van der Waals surface area contributed by atoms with Crippen LogP contribution in [0.15, 0.2) is 71.2 Å². The summed E-state index contributed by atoms with van der Waals surface area (Å²) in [4.78, 5) is 84.1. The number of aliphatic carboxylic acids is 1. The summed E-state index contributed by atoms with van der Waals surface area (Å²) in [5.41, 5.74) is 1.91. The number of thiazole rings is 1. The van der Waals surface area contributed by atoms with Crippen molar-refractivity contribution >= 4 is 63.7 Å². The Bertz CT molecular complexity index is 2000. The standard InChI is InChI=1S/C37H42N8O9S2/c1-21-18-44(38)34(51)45(21)37(31(48)49)20-43-29(47)26(30(43)56-37)40-28(46)25(24-19-55-33(39-24)42-53-35(2,3)4)41-54-36(16-11-17-36)32(50)52-27(22-12-7-5-8-13-22)23-14-9-6-10-15-23/h5-10,12-15,19,21,26-27,30H,11,16-18,20,38H2,1-4H3,(H,39,42)(H,40,46)(H,48,49)/b41-25-/t21-,26-,30-,37-/m1/s1. The summed E-state index contributed by atoms with van der Waals surface area (Å²) in [6.07, 6.45) is 0.431. The number of carboxylic acids is 1. The number of carbonyl (C=O) groups is 5. The maximum absolute atomic E-state index is 14.1. The highest BCUT2D eigenvalue weighted by molar-refractivity contribution is 8.02. The van der Waals surface area contributed by atoms with E-state index >= 15 is 0 Å². The van der Waals surface area contributed by atoms with E-state index < -0.39 is 69.4 Å². The van der Waals surface area contributed by atoms with Crippen LogP contribution in [0.5, 0.6) is 0 Å². The van der Waals surface area contributed by atoms with Gasteiger partial charge in [0.2, 0.25) is 21.5 Å². The third-order valence-electron chi connectivity index (χ3n) is 9.89. The first-order valence-electron chi connectivity index (χ1n) is 18.0. The van der Waals surface area contributed by atoms with Gasteiger partial charge in [0.15, 0.2) is 11.8 Å². The summed E-state index contributed by atoms with van der Waals surface area (Å²) in [5, 5.41) is 19.3. The number of ether oxygens (including phenoxy) is 1. The number of fused-ring (bicyclic) bond motifs is 1. The molecule has 3 aromatic rings. The number of hydrazine groups is 1. The van der Waals surface area contributed by atoms with Crippen molar-refractivity contribution in [3.63, 3.8) is 0 Å². The number of carbonyl (C=O) groups excluding carboxylic acids is 4. The summed E-state index contributed by atoms with van der Waals surface area (Å²) < 4.78 is 6.14. The van der Waals surface area contributed by atoms with Crippen molar-refractivity contribution in [3.8, 4) is 0 Å². The Morgan fingerprint density at radius 3 is 2.23 bits per heavy atom. The van der Waals surface area contributed by atoms with Crippen LogP contribution >= 0.6 is 23.1 Å². The monoisotopic (exact) mass is 806 g/mol. The van der Waals surface area contributed by atoms with Crippen molar-refractivity contribution in [1.82, 2.24) is 25.1 Å². The molecule has 3 aliphatic heterocycles. The van der Waals surface area contributed by atoms with Crippen LogP contribution < -0.4 is 16.6 Å². The number of aromatic nitrogens is 1. The first-order valence-corrected chi connectivity index (χ1v) is 19.7. The molecule has 4 amide bonds. The zero-order valence-electron chi connectivity index (χ0n) is 31.0. The van der Waals surface area contributed by atoms with Crippen LogP contribution in [0.1, 0.15) is 69.9 Å². The van der Waals surface area contributed by atoms with Gasteiger partial charge in [-0.1, -0.05) is 77.6 Å². The third-order valence-corrected chi connectivity index (χ3v) is 12.3. The number of oxime groups is 1. The Kier molecular flexibility index (Phi) is 10.5. The summed E-state index contributed by atoms with van der Waals surface area (Å²) in [6.45, 7) is 6.99. The van der Waals surface area contributed by atoms with Crippen molar-refractivity contribution in [2.75, 3.05) is 18.6 Å². The van der Waals surface area contributed by atoms with Crippen LogP contribution in [0, 0.1) is 0 Å². The minimum absolute atomic E-state index is 0.0592. The smallest absolute Gasteiger partial charge is 0.354 e. The van der Waals surface area contributed by atoms with E-state index in [0.717, 1.165) is 39.2 Å². The molecule has 1 aromatic heterocycles. The quantitative estimate of drug-likeness (QED) is 0.0487. The zero-order valence-corrected chi connectivity index (χ0v) is 32.7. The number of β-lactam (4-membered cyclic amide) rings is 1. The van der Waals surface area contributed by atoms with Crippen LogP contribution in [-0.2, 0) is 33.6 Å². The number of urea groups is 1. The van der Waals surface area contributed by atoms with Crippen molar-refractivity contribution in [2.45, 2.75) is 86.6 Å². The first-order chi connectivity index (χ1) is 26.6. The molecule has 296 valence electrons. The zero-order chi connectivity index (χ0) is 40.0. The molecule has 4 heterocycles. The number of nitrogens with one attached hydrogen (secondary N) is 2. The van der Waals surface area contributed by atoms with Crippen molar-refractivity contribution in [1.29, 1.82) is 0 Å². The lowest BCUT2D eigenvalue weighted by atomic mass is 9.80. The summed E-state index contributed by atoms with van der Waals surface area (Å²) in [5.74, 6) is 2.43. The molecule has 0 spiro atoms. The number of esters is 1. The average molecular weight is 807 g/mol. The van der Waals surface area contributed by atoms with E-state index in [1.807, 2.05) is 81.4 Å². The average Bonchev–Trinajstić information content (AvgIpc) is 3.84. The third kappa shape index (κ3) is 7.26. The number of thioether (sulfide) groups is 1. The number of hydrogen-bond donors (Lipinski definition) is 4. The van der Waals surface area contributed by atoms with E-state index in [1.54, 1.807) is 6.92 Å². The SMILES string of the molecule is C[C@@H]1CN(N)C(=O)N1[C@]1(C(=O)O)CN2C(=O)[C@@H](NC(=O)/C(=N\OC3(C(=O)OC(c4ccccc4)c4ccccc4)CCC3)c3csc(NOC(C)(C)C)n3)[C@H]2S1. The molecule has 0 unspecified atom stereocenters. The van der Waals surface area contributed by atoms with E-state index in [1.165, 1.54) is 15.2 Å². The van der Waals surface area contributed by atoms with E-state index in [2.05, 4.69) is 20.9 Å². The number of rotatable bonds is 13. The van der Waals surface area contributed by atoms with Gasteiger partial charge in [0.1, 0.15) is 17.1 Å². The number of carboxylic acid groups (broad SMARTS) is 1. The topological polar surface area (TPSA) is 218 Å². The van der Waals surface area contributed by atoms with Crippen molar-refractivity contribution in [3.05, 3.63) is 82.9 Å². The molecular formula is C37H42N8O9S2. The molecule has 19 heteroatoms. The molecule has 17 nitrogen and oxygen atoms in total. The Hall–Kier alpha value is -5.24. The van der Waals surface area contributed by atoms with Gasteiger partial charge in [-0.3, -0.25) is 24.3 Å². The fourth-order valence-electron chi connectivity index (χ4n) is 6.86. The van der Waals surface area contributed by atoms with Crippen molar-refractivity contribution in [2.24, 2.45) is 11.0 Å². The highest BCUT2D eigenvalue weighted by atomic mass is 32.2. The summed E-state index contributed by atoms with van der Waals surface area (Å²) >= 11 is 1.99. The molecular weight excluding hydrogens is 765 g/mol. The van der Waals surface area contributed by atoms with Crippen molar-refractivity contribution < 1.29 is 43.5 Å². The largest absolute Gasteiger partial charge is 0.479 e. The molecule has 1 aliphatic carbocycles. The van der Waals surface area contributed by atoms with Crippen LogP contribution in [0.4, 0.5) is 9.93 Å². The minimum atomic E-state index is -1.83. The van der Waals surface area contributed by atoms with E-state index in [4.69, 9.17) is 20.3 Å². The molecule has 0 radical (unpaired) electrons. The second-order valence-electron chi connectivity index (χ2n) is 15.0. The van der Waals surface area contributed by atoms with Gasteiger partial charge >= 0.3 is 18.0 Å². The fraction of sp³-hybridized carbons (Fsp3) is 0.432. The summed E-state index contributed by atoms with van der Waals surface area (Å²) in [7, 11) is 0. The van der Waals surface area contributed by atoms with Crippen LogP contribution in [0.25, 0.3) is 0 Å². The highest BCUT2D eigenvalue weighted by Gasteiger charge is 2.67. The summed E-state index contributed by atoms with van der Waals surface area (Å²) in [6, 6.07) is 16.2. The van der Waals surface area contributed by atoms with Gasteiger partial charge in [-0.2, -0.15) is 0 Å². The van der Waals surface area contributed by atoms with Gasteiger partial charge in [-0.25, -0.2) is 30.7 Å². The maximum atomic E-state index is 14.1. The minimum Gasteiger partial charge on any atom is -0.479 e. The molecule has 5 N–H and O–H groups in total. The molecule has 1 saturated carbocycles. The number of hydrogen-bond acceptors (Lipinski definition) is 14. The van der Waals surface area contributed by atoms with Crippen LogP contribution in [-0.4, -0.2) is 107 Å². The Labute approximate surface area is 330 Å². The predicted octanol–water partition coefficient (Wildman–Crippen LogP) is 3.44. The Morgan fingerprint density at radius 1 is 1.05 bits per heavy atom. The molecule has 4 aliphatic rings. The van der Waals surface area contributed by atoms with Gasteiger partial charge in [0.05, 0.1) is 24.7 Å². The van der Waals surface area contributed by atoms with E-state index in [9.17, 15) is 29.1 Å². The molecule has 4 fully saturated rings. The lowest BCUT2D eigenvalue weighted by Crippen LogP contribution is -2.68. The molecule has 0 bridgehead atoms. The van der Waals surface area contributed by atoms with Gasteiger partial charge in [0.25, 0.3) is 5.91 Å². The maximum Gasteiger partial charge on any atom is 0.354 e. The number of nitrogens with two attached hydrogens (primary N) is 1. The molecule has 56 heavy (non-hydrogen) atoms. The lowest BCUT2D eigenvalue weighted by molar-refractivity contribution is -0.189. The first kappa shape index (κ1) is 39.0. The van der Waals surface area contributed by atoms with E-state index in [-0.39, 0.29) is 37.3 Å². The normalized spacial score (nSPS) is 24.4. The molecule has 2 aromatic carbocycles. The van der Waals surface area contributed by atoms with E-state index in [0.29, 0.717) is 11.6 Å². The number of nitrogens with zero attached hydrogens (tertiary/aromatic N) is 5. The van der Waals surface area contributed by atoms with Crippen LogP contribution in [0.2, 0.25) is 0 Å². The second kappa shape index (κ2) is 15.0. The molecule has 4 atom stereocenters. The fourth-order valence-corrected chi connectivity index (χ4v) is 9.20. The Balaban J connectivity index is 1.14. The molecule has 3 saturated heterocycles. The van der Waals surface area contributed by atoms with Gasteiger partial charge in [-0.05, 0) is 45.2 Å². The number of benzene rings is 2. The second-order valence-corrected chi connectivity index (χ2v) is 17.3. The van der Waals surface area contributed by atoms with Gasteiger partial charge in [0, 0.05) is 18.2 Å². The van der Waals surface area contributed by atoms with Crippen LogP contribution in [0.3, 0.4) is 0 Å². The highest BCUT2D eigenvalue weighted by Crippen LogP contribution is 2.50. The number of anilines is 1. The predicted molar refractivity (Wildman–Crippen MR) is 205 cm³/mol. The van der Waals surface area contributed by atoms with Gasteiger partial charge in [-0.15, -0.1) is 11.3 Å². The number of amides is 4. The molecule has 7 rings (SSSR count). The Morgan fingerprint density at radius 2 is 1.70 bits per heavy atom. The van der Waals surface area contributed by atoms with Gasteiger partial charge < -0.3 is 24.9 Å². The lowest BCUT2D eigenvalue weighted by Gasteiger charge is -2.41.